The molecule has 1 atom stereocenters. The molecule has 0 aliphatic heterocycles. The summed E-state index contributed by atoms with van der Waals surface area (Å²) in [6, 6.07) is 1.82. The van der Waals surface area contributed by atoms with Crippen molar-refractivity contribution in [3.05, 3.63) is 35.4 Å². The molecule has 2 aromatic heterocycles. The first-order chi connectivity index (χ1) is 10.8. The van der Waals surface area contributed by atoms with Crippen LogP contribution >= 0.6 is 0 Å². The number of amides is 1. The van der Waals surface area contributed by atoms with Gasteiger partial charge in [0.25, 0.3) is 5.91 Å². The van der Waals surface area contributed by atoms with Crippen molar-refractivity contribution in [1.29, 1.82) is 0 Å². The van der Waals surface area contributed by atoms with Crippen LogP contribution in [0.1, 0.15) is 67.3 Å². The number of aryl methyl sites for hydroxylation is 2. The van der Waals surface area contributed by atoms with Crippen LogP contribution in [0, 0.1) is 5.41 Å². The Hall–Kier alpha value is -2.11. The van der Waals surface area contributed by atoms with Gasteiger partial charge in [-0.1, -0.05) is 20.8 Å². The van der Waals surface area contributed by atoms with Crippen molar-refractivity contribution in [3.63, 3.8) is 0 Å². The van der Waals surface area contributed by atoms with E-state index in [1.165, 1.54) is 12.8 Å². The summed E-state index contributed by atoms with van der Waals surface area (Å²) in [5.41, 5.74) is 2.55. The van der Waals surface area contributed by atoms with E-state index < -0.39 is 0 Å². The highest BCUT2D eigenvalue weighted by Gasteiger charge is 2.32. The second-order valence-corrected chi connectivity index (χ2v) is 7.57. The van der Waals surface area contributed by atoms with E-state index in [-0.39, 0.29) is 17.4 Å². The van der Waals surface area contributed by atoms with Gasteiger partial charge in [-0.2, -0.15) is 10.2 Å². The maximum Gasteiger partial charge on any atom is 0.270 e. The predicted molar refractivity (Wildman–Crippen MR) is 88.1 cm³/mol. The molecule has 0 spiro atoms. The number of nitrogens with zero attached hydrogens (tertiary/aromatic N) is 4. The molecule has 23 heavy (non-hydrogen) atoms. The summed E-state index contributed by atoms with van der Waals surface area (Å²) in [4.78, 5) is 12.8. The monoisotopic (exact) mass is 315 g/mol. The Morgan fingerprint density at radius 2 is 2.04 bits per heavy atom. The minimum Gasteiger partial charge on any atom is -0.343 e. The van der Waals surface area contributed by atoms with Gasteiger partial charge in [0.15, 0.2) is 0 Å². The summed E-state index contributed by atoms with van der Waals surface area (Å²) >= 11 is 0. The van der Waals surface area contributed by atoms with E-state index in [9.17, 15) is 4.79 Å². The van der Waals surface area contributed by atoms with Crippen molar-refractivity contribution >= 4 is 5.91 Å². The molecule has 1 aliphatic carbocycles. The van der Waals surface area contributed by atoms with E-state index in [2.05, 4.69) is 36.3 Å². The van der Waals surface area contributed by atoms with Crippen LogP contribution in [-0.2, 0) is 14.1 Å². The number of hydrogen-bond acceptors (Lipinski definition) is 3. The molecule has 1 unspecified atom stereocenters. The highest BCUT2D eigenvalue weighted by molar-refractivity contribution is 5.93. The van der Waals surface area contributed by atoms with Gasteiger partial charge in [0, 0.05) is 31.8 Å². The van der Waals surface area contributed by atoms with Crippen LogP contribution in [-0.4, -0.2) is 25.5 Å². The van der Waals surface area contributed by atoms with Crippen molar-refractivity contribution < 1.29 is 4.79 Å². The average molecular weight is 315 g/mol. The number of hydrogen-bond donors (Lipinski definition) is 1. The van der Waals surface area contributed by atoms with Gasteiger partial charge in [-0.05, 0) is 24.3 Å². The van der Waals surface area contributed by atoms with Crippen molar-refractivity contribution in [2.75, 3.05) is 0 Å². The largest absolute Gasteiger partial charge is 0.343 e. The van der Waals surface area contributed by atoms with Crippen LogP contribution in [0.25, 0.3) is 0 Å². The molecule has 124 valence electrons. The molecule has 0 saturated heterocycles. The van der Waals surface area contributed by atoms with Gasteiger partial charge in [0.05, 0.1) is 17.9 Å². The molecule has 3 rings (SSSR count). The fourth-order valence-electron chi connectivity index (χ4n) is 2.87. The summed E-state index contributed by atoms with van der Waals surface area (Å²) in [5.74, 6) is 0.454. The van der Waals surface area contributed by atoms with E-state index in [4.69, 9.17) is 0 Å². The van der Waals surface area contributed by atoms with Crippen molar-refractivity contribution in [2.45, 2.75) is 45.6 Å². The van der Waals surface area contributed by atoms with Crippen LogP contribution in [0.15, 0.2) is 18.5 Å². The summed E-state index contributed by atoms with van der Waals surface area (Å²) < 4.78 is 3.45. The number of carbonyl (C=O) groups is 1. The molecule has 6 nitrogen and oxygen atoms in total. The second-order valence-electron chi connectivity index (χ2n) is 7.57. The zero-order chi connectivity index (χ0) is 16.8. The van der Waals surface area contributed by atoms with Gasteiger partial charge in [-0.3, -0.25) is 14.2 Å². The number of carbonyl (C=O) groups excluding carboxylic acids is 1. The van der Waals surface area contributed by atoms with Crippen molar-refractivity contribution in [2.24, 2.45) is 19.5 Å². The highest BCUT2D eigenvalue weighted by Crippen LogP contribution is 2.39. The minimum atomic E-state index is -0.114. The van der Waals surface area contributed by atoms with Crippen LogP contribution in [0.2, 0.25) is 0 Å². The third kappa shape index (κ3) is 3.30. The zero-order valence-corrected chi connectivity index (χ0v) is 14.5. The SMILES string of the molecule is Cn1cc(C(NC(=O)c2cc(C3CC3)nn2C)C(C)(C)C)cn1. The van der Waals surface area contributed by atoms with Crippen LogP contribution < -0.4 is 5.32 Å². The lowest BCUT2D eigenvalue weighted by atomic mass is 9.83. The van der Waals surface area contributed by atoms with Gasteiger partial charge in [-0.15, -0.1) is 0 Å². The lowest BCUT2D eigenvalue weighted by Gasteiger charge is -2.30. The first kappa shape index (κ1) is 15.8. The van der Waals surface area contributed by atoms with Gasteiger partial charge < -0.3 is 5.32 Å². The fraction of sp³-hybridized carbons (Fsp3) is 0.588. The van der Waals surface area contributed by atoms with E-state index >= 15 is 0 Å². The molecule has 2 aromatic rings. The number of aromatic nitrogens is 4. The molecule has 1 fully saturated rings. The Bertz CT molecular complexity index is 718. The Labute approximate surface area is 136 Å². The molecule has 0 bridgehead atoms. The third-order valence-corrected chi connectivity index (χ3v) is 4.33. The van der Waals surface area contributed by atoms with Crippen molar-refractivity contribution in [3.8, 4) is 0 Å². The molecular formula is C17H25N5O. The van der Waals surface area contributed by atoms with Gasteiger partial charge in [0.2, 0.25) is 0 Å². The van der Waals surface area contributed by atoms with Gasteiger partial charge in [-0.25, -0.2) is 0 Å². The molecule has 2 heterocycles. The molecule has 1 aliphatic rings. The minimum absolute atomic E-state index is 0.0873. The van der Waals surface area contributed by atoms with E-state index in [1.54, 1.807) is 9.36 Å². The second kappa shape index (κ2) is 5.51. The first-order valence-corrected chi connectivity index (χ1v) is 8.09. The lowest BCUT2D eigenvalue weighted by molar-refractivity contribution is 0.0892. The van der Waals surface area contributed by atoms with E-state index in [0.717, 1.165) is 11.3 Å². The summed E-state index contributed by atoms with van der Waals surface area (Å²) in [7, 11) is 3.71. The van der Waals surface area contributed by atoms with Crippen LogP contribution in [0.4, 0.5) is 0 Å². The van der Waals surface area contributed by atoms with E-state index in [1.807, 2.05) is 32.6 Å². The molecule has 1 saturated carbocycles. The van der Waals surface area contributed by atoms with E-state index in [0.29, 0.717) is 11.6 Å². The smallest absolute Gasteiger partial charge is 0.270 e. The Morgan fingerprint density at radius 3 is 2.57 bits per heavy atom. The molecule has 0 aromatic carbocycles. The van der Waals surface area contributed by atoms with Crippen LogP contribution in [0.3, 0.4) is 0 Å². The molecule has 6 heteroatoms. The third-order valence-electron chi connectivity index (χ3n) is 4.33. The maximum absolute atomic E-state index is 12.8. The zero-order valence-electron chi connectivity index (χ0n) is 14.5. The topological polar surface area (TPSA) is 64.7 Å². The first-order valence-electron chi connectivity index (χ1n) is 8.09. The summed E-state index contributed by atoms with van der Waals surface area (Å²) in [5, 5.41) is 11.9. The molecule has 0 radical (unpaired) electrons. The average Bonchev–Trinajstić information content (AvgIpc) is 3.10. The Morgan fingerprint density at radius 1 is 1.35 bits per heavy atom. The standard InChI is InChI=1S/C17H25N5O/c1-17(2,3)15(12-9-18-21(4)10-12)19-16(23)14-8-13(11-6-7-11)20-22(14)5/h8-11,15H,6-7H2,1-5H3,(H,19,23). The molecule has 1 N–H and O–H groups in total. The molecular weight excluding hydrogens is 290 g/mol. The quantitative estimate of drug-likeness (QED) is 0.943. The highest BCUT2D eigenvalue weighted by atomic mass is 16.2. The Kier molecular flexibility index (Phi) is 3.78. The van der Waals surface area contributed by atoms with Gasteiger partial charge >= 0.3 is 0 Å². The normalized spacial score (nSPS) is 16.4. The lowest BCUT2D eigenvalue weighted by Crippen LogP contribution is -2.37. The van der Waals surface area contributed by atoms with Crippen LogP contribution in [0.5, 0.6) is 0 Å². The maximum atomic E-state index is 12.8. The fourth-order valence-corrected chi connectivity index (χ4v) is 2.87. The van der Waals surface area contributed by atoms with Crippen molar-refractivity contribution in [1.82, 2.24) is 24.9 Å². The van der Waals surface area contributed by atoms with Gasteiger partial charge in [0.1, 0.15) is 5.69 Å². The molecule has 1 amide bonds. The summed E-state index contributed by atoms with van der Waals surface area (Å²) in [6.45, 7) is 6.34. The Balaban J connectivity index is 1.83. The summed E-state index contributed by atoms with van der Waals surface area (Å²) in [6.07, 6.45) is 6.13. The predicted octanol–water partition coefficient (Wildman–Crippen LogP) is 2.55. The number of rotatable bonds is 4. The number of nitrogens with one attached hydrogen (secondary N) is 1.